The monoisotopic (exact) mass is 190 g/mol. The second-order valence-electron chi connectivity index (χ2n) is 2.75. The lowest BCUT2D eigenvalue weighted by molar-refractivity contribution is 0.372. The average molecular weight is 190 g/mol. The summed E-state index contributed by atoms with van der Waals surface area (Å²) < 4.78 is 4.92. The highest BCUT2D eigenvalue weighted by molar-refractivity contribution is 4.93. The Morgan fingerprint density at radius 1 is 1.14 bits per heavy atom. The van der Waals surface area contributed by atoms with Crippen LogP contribution in [0.1, 0.15) is 11.6 Å². The third-order valence-electron chi connectivity index (χ3n) is 1.69. The van der Waals surface area contributed by atoms with Crippen LogP contribution in [0.4, 0.5) is 0 Å². The Morgan fingerprint density at radius 2 is 2.00 bits per heavy atom. The molecule has 0 aliphatic rings. The van der Waals surface area contributed by atoms with Gasteiger partial charge < -0.3 is 9.84 Å². The average Bonchev–Trinajstić information content (AvgIpc) is 2.72. The van der Waals surface area contributed by atoms with Crippen molar-refractivity contribution in [3.05, 3.63) is 42.3 Å². The van der Waals surface area contributed by atoms with Crippen molar-refractivity contribution < 1.29 is 4.52 Å². The van der Waals surface area contributed by atoms with E-state index in [4.69, 9.17) is 4.52 Å². The molecule has 0 unspecified atom stereocenters. The van der Waals surface area contributed by atoms with E-state index in [0.717, 1.165) is 11.6 Å². The van der Waals surface area contributed by atoms with Gasteiger partial charge in [0.2, 0.25) is 0 Å². The maximum Gasteiger partial charge on any atom is 0.150 e. The molecule has 0 aromatic carbocycles. The Hall–Kier alpha value is -1.75. The summed E-state index contributed by atoms with van der Waals surface area (Å²) in [6.07, 6.45) is 5.06. The van der Waals surface area contributed by atoms with Crippen molar-refractivity contribution in [3.8, 4) is 0 Å². The van der Waals surface area contributed by atoms with Crippen molar-refractivity contribution >= 4 is 0 Å². The molecule has 0 amide bonds. The Bertz CT molecular complexity index is 360. The minimum atomic E-state index is 0.627. The molecule has 2 aromatic heterocycles. The highest BCUT2D eigenvalue weighted by Gasteiger charge is 1.97. The second kappa shape index (κ2) is 4.48. The van der Waals surface area contributed by atoms with Crippen LogP contribution in [0.2, 0.25) is 0 Å². The zero-order valence-electron chi connectivity index (χ0n) is 7.55. The van der Waals surface area contributed by atoms with Crippen molar-refractivity contribution in [2.75, 3.05) is 0 Å². The Morgan fingerprint density at radius 3 is 2.71 bits per heavy atom. The van der Waals surface area contributed by atoms with E-state index in [2.05, 4.69) is 20.4 Å². The fourth-order valence-corrected chi connectivity index (χ4v) is 1.05. The molecule has 0 saturated heterocycles. The van der Waals surface area contributed by atoms with E-state index >= 15 is 0 Å². The zero-order valence-corrected chi connectivity index (χ0v) is 7.55. The molecular formula is C9H10N4O. The lowest BCUT2D eigenvalue weighted by atomic mass is 10.4. The van der Waals surface area contributed by atoms with Crippen LogP contribution in [0.25, 0.3) is 0 Å². The summed E-state index contributed by atoms with van der Waals surface area (Å²) in [5, 5.41) is 6.75. The van der Waals surface area contributed by atoms with Crippen molar-refractivity contribution in [3.63, 3.8) is 0 Å². The SMILES string of the molecule is c1cnc(CNCc2ccno2)nc1. The van der Waals surface area contributed by atoms with Crippen molar-refractivity contribution in [2.45, 2.75) is 13.1 Å². The molecule has 14 heavy (non-hydrogen) atoms. The van der Waals surface area contributed by atoms with Crippen LogP contribution in [0.5, 0.6) is 0 Å². The molecule has 0 atom stereocenters. The molecule has 0 saturated carbocycles. The van der Waals surface area contributed by atoms with Gasteiger partial charge in [-0.2, -0.15) is 0 Å². The van der Waals surface area contributed by atoms with Crippen molar-refractivity contribution in [1.29, 1.82) is 0 Å². The molecule has 2 aromatic rings. The molecule has 0 aliphatic carbocycles. The maximum atomic E-state index is 4.92. The first-order valence-electron chi connectivity index (χ1n) is 4.31. The normalized spacial score (nSPS) is 10.3. The summed E-state index contributed by atoms with van der Waals surface area (Å²) in [4.78, 5) is 8.16. The maximum absolute atomic E-state index is 4.92. The lowest BCUT2D eigenvalue weighted by Crippen LogP contribution is -2.14. The van der Waals surface area contributed by atoms with E-state index in [1.165, 1.54) is 0 Å². The van der Waals surface area contributed by atoms with Gasteiger partial charge >= 0.3 is 0 Å². The molecule has 2 rings (SSSR count). The highest BCUT2D eigenvalue weighted by atomic mass is 16.5. The Kier molecular flexibility index (Phi) is 2.82. The molecule has 0 radical (unpaired) electrons. The number of nitrogens with one attached hydrogen (secondary N) is 1. The lowest BCUT2D eigenvalue weighted by Gasteiger charge is -1.99. The molecule has 0 fully saturated rings. The molecule has 72 valence electrons. The fourth-order valence-electron chi connectivity index (χ4n) is 1.05. The third kappa shape index (κ3) is 2.37. The van der Waals surface area contributed by atoms with E-state index in [1.807, 2.05) is 6.07 Å². The van der Waals surface area contributed by atoms with E-state index < -0.39 is 0 Å². The summed E-state index contributed by atoms with van der Waals surface area (Å²) in [5.41, 5.74) is 0. The van der Waals surface area contributed by atoms with E-state index in [1.54, 1.807) is 24.7 Å². The molecule has 0 aliphatic heterocycles. The van der Waals surface area contributed by atoms with Crippen LogP contribution in [0.15, 0.2) is 35.2 Å². The van der Waals surface area contributed by atoms with Gasteiger partial charge in [-0.05, 0) is 6.07 Å². The van der Waals surface area contributed by atoms with Crippen LogP contribution < -0.4 is 5.32 Å². The molecule has 0 spiro atoms. The van der Waals surface area contributed by atoms with E-state index in [9.17, 15) is 0 Å². The molecule has 1 N–H and O–H groups in total. The number of nitrogens with zero attached hydrogens (tertiary/aromatic N) is 3. The predicted molar refractivity (Wildman–Crippen MR) is 49.1 cm³/mol. The Labute approximate surface area is 81.2 Å². The third-order valence-corrected chi connectivity index (χ3v) is 1.69. The fraction of sp³-hybridized carbons (Fsp3) is 0.222. The summed E-state index contributed by atoms with van der Waals surface area (Å²) >= 11 is 0. The molecule has 0 bridgehead atoms. The largest absolute Gasteiger partial charge is 0.360 e. The van der Waals surface area contributed by atoms with Gasteiger partial charge in [-0.1, -0.05) is 5.16 Å². The first-order valence-corrected chi connectivity index (χ1v) is 4.31. The summed E-state index contributed by atoms with van der Waals surface area (Å²) in [5.74, 6) is 1.58. The van der Waals surface area contributed by atoms with Gasteiger partial charge in [-0.15, -0.1) is 0 Å². The van der Waals surface area contributed by atoms with Gasteiger partial charge in [-0.25, -0.2) is 9.97 Å². The molecule has 5 nitrogen and oxygen atoms in total. The number of rotatable bonds is 4. The summed E-state index contributed by atoms with van der Waals surface area (Å²) in [6.45, 7) is 1.26. The van der Waals surface area contributed by atoms with Crippen LogP contribution in [0, 0.1) is 0 Å². The number of hydrogen-bond acceptors (Lipinski definition) is 5. The number of aromatic nitrogens is 3. The van der Waals surface area contributed by atoms with Crippen LogP contribution >= 0.6 is 0 Å². The van der Waals surface area contributed by atoms with Gasteiger partial charge in [0.25, 0.3) is 0 Å². The second-order valence-corrected chi connectivity index (χ2v) is 2.75. The van der Waals surface area contributed by atoms with Crippen LogP contribution in [-0.4, -0.2) is 15.1 Å². The topological polar surface area (TPSA) is 63.8 Å². The van der Waals surface area contributed by atoms with Crippen LogP contribution in [0.3, 0.4) is 0 Å². The van der Waals surface area contributed by atoms with Gasteiger partial charge in [0, 0.05) is 18.5 Å². The van der Waals surface area contributed by atoms with E-state index in [-0.39, 0.29) is 0 Å². The minimum absolute atomic E-state index is 0.627. The van der Waals surface area contributed by atoms with Crippen molar-refractivity contribution in [2.24, 2.45) is 0 Å². The van der Waals surface area contributed by atoms with Crippen LogP contribution in [-0.2, 0) is 13.1 Å². The summed E-state index contributed by atoms with van der Waals surface area (Å²) in [6, 6.07) is 3.61. The smallest absolute Gasteiger partial charge is 0.150 e. The van der Waals surface area contributed by atoms with E-state index in [0.29, 0.717) is 13.1 Å². The zero-order chi connectivity index (χ0) is 9.64. The van der Waals surface area contributed by atoms with Gasteiger partial charge in [0.1, 0.15) is 11.6 Å². The molecule has 2 heterocycles. The van der Waals surface area contributed by atoms with Gasteiger partial charge in [0.15, 0.2) is 0 Å². The van der Waals surface area contributed by atoms with Crippen molar-refractivity contribution in [1.82, 2.24) is 20.4 Å². The van der Waals surface area contributed by atoms with Gasteiger partial charge in [0.05, 0.1) is 19.3 Å². The molecular weight excluding hydrogens is 180 g/mol. The first kappa shape index (κ1) is 8.83. The number of hydrogen-bond donors (Lipinski definition) is 1. The minimum Gasteiger partial charge on any atom is -0.360 e. The summed E-state index contributed by atoms with van der Waals surface area (Å²) in [7, 11) is 0. The molecule has 5 heteroatoms. The van der Waals surface area contributed by atoms with Gasteiger partial charge in [-0.3, -0.25) is 0 Å². The standard InChI is InChI=1S/C9H10N4O/c1-3-11-9(12-4-1)7-10-6-8-2-5-13-14-8/h1-5,10H,6-7H2. The highest BCUT2D eigenvalue weighted by Crippen LogP contribution is 1.95. The first-order chi connectivity index (χ1) is 6.95. The quantitative estimate of drug-likeness (QED) is 0.770. The Balaban J connectivity index is 1.79. The predicted octanol–water partition coefficient (Wildman–Crippen LogP) is 0.754.